The fourth-order valence-electron chi connectivity index (χ4n) is 3.21. The van der Waals surface area contributed by atoms with Crippen molar-refractivity contribution in [1.29, 1.82) is 0 Å². The van der Waals surface area contributed by atoms with Crippen molar-refractivity contribution < 1.29 is 13.2 Å². The van der Waals surface area contributed by atoms with Crippen LogP contribution in [0.15, 0.2) is 16.3 Å². The van der Waals surface area contributed by atoms with Crippen LogP contribution in [0.3, 0.4) is 0 Å². The lowest BCUT2D eigenvalue weighted by Crippen LogP contribution is -2.54. The molecule has 2 amide bonds. The zero-order valence-electron chi connectivity index (χ0n) is 13.4. The van der Waals surface area contributed by atoms with Crippen LogP contribution >= 0.6 is 22.9 Å². The molecule has 1 N–H and O–H groups in total. The number of carbonyl (C=O) groups is 1. The summed E-state index contributed by atoms with van der Waals surface area (Å²) in [5.74, 6) is 0. The normalized spacial score (nSPS) is 21.0. The van der Waals surface area contributed by atoms with Gasteiger partial charge < -0.3 is 10.2 Å². The lowest BCUT2D eigenvalue weighted by Gasteiger charge is -2.35. The molecular formula is C15H22ClN3O3S2. The molecule has 1 aromatic rings. The average Bonchev–Trinajstić information content (AvgIpc) is 3.03. The van der Waals surface area contributed by atoms with E-state index < -0.39 is 10.0 Å². The summed E-state index contributed by atoms with van der Waals surface area (Å²) in [5.41, 5.74) is 0. The Morgan fingerprint density at radius 2 is 1.79 bits per heavy atom. The maximum Gasteiger partial charge on any atom is 0.317 e. The number of nitrogens with one attached hydrogen (secondary N) is 1. The zero-order valence-corrected chi connectivity index (χ0v) is 15.8. The number of hydrogen-bond donors (Lipinski definition) is 1. The van der Waals surface area contributed by atoms with E-state index in [0.717, 1.165) is 24.2 Å². The van der Waals surface area contributed by atoms with E-state index in [1.807, 2.05) is 0 Å². The number of amides is 2. The Kier molecular flexibility index (Phi) is 5.69. The Balaban J connectivity index is 1.54. The van der Waals surface area contributed by atoms with Crippen molar-refractivity contribution in [2.45, 2.75) is 42.4 Å². The third-order valence-electron chi connectivity index (χ3n) is 4.60. The molecule has 24 heavy (non-hydrogen) atoms. The van der Waals surface area contributed by atoms with E-state index in [2.05, 4.69) is 5.32 Å². The molecule has 9 heteroatoms. The molecule has 0 aromatic carbocycles. The van der Waals surface area contributed by atoms with Crippen LogP contribution in [-0.4, -0.2) is 55.9 Å². The van der Waals surface area contributed by atoms with Crippen LogP contribution in [-0.2, 0) is 10.0 Å². The first kappa shape index (κ1) is 18.0. The van der Waals surface area contributed by atoms with Gasteiger partial charge in [0.05, 0.1) is 4.34 Å². The maximum atomic E-state index is 12.6. The number of halogens is 1. The van der Waals surface area contributed by atoms with Crippen molar-refractivity contribution in [1.82, 2.24) is 14.5 Å². The lowest BCUT2D eigenvalue weighted by molar-refractivity contribution is 0.166. The molecular weight excluding hydrogens is 370 g/mol. The van der Waals surface area contributed by atoms with Crippen molar-refractivity contribution in [3.63, 3.8) is 0 Å². The molecule has 1 aromatic heterocycles. The molecule has 1 aliphatic heterocycles. The van der Waals surface area contributed by atoms with Crippen LogP contribution in [0.4, 0.5) is 4.79 Å². The van der Waals surface area contributed by atoms with E-state index in [0.29, 0.717) is 30.5 Å². The Morgan fingerprint density at radius 3 is 2.38 bits per heavy atom. The highest BCUT2D eigenvalue weighted by atomic mass is 35.5. The molecule has 6 nitrogen and oxygen atoms in total. The molecule has 3 rings (SSSR count). The lowest BCUT2D eigenvalue weighted by atomic mass is 9.96. The molecule has 0 bridgehead atoms. The summed E-state index contributed by atoms with van der Waals surface area (Å²) in [6, 6.07) is 3.32. The first-order valence-corrected chi connectivity index (χ1v) is 10.9. The summed E-state index contributed by atoms with van der Waals surface area (Å²) in [5, 5.41) is 3.08. The van der Waals surface area contributed by atoms with Crippen LogP contribution in [0.1, 0.15) is 32.1 Å². The van der Waals surface area contributed by atoms with E-state index >= 15 is 0 Å². The van der Waals surface area contributed by atoms with Crippen molar-refractivity contribution in [3.05, 3.63) is 16.5 Å². The molecule has 1 saturated heterocycles. The summed E-state index contributed by atoms with van der Waals surface area (Å²) in [7, 11) is -3.51. The van der Waals surface area contributed by atoms with Crippen molar-refractivity contribution >= 4 is 39.0 Å². The standard InChI is InChI=1S/C15H22ClN3O3S2/c16-13-6-7-14(23-13)24(21,22)19-10-8-18(9-11-19)15(20)17-12-4-2-1-3-5-12/h6-7,12H,1-5,8-11H2,(H,17,20). The Morgan fingerprint density at radius 1 is 1.12 bits per heavy atom. The predicted molar refractivity (Wildman–Crippen MR) is 95.1 cm³/mol. The molecule has 0 radical (unpaired) electrons. The van der Waals surface area contributed by atoms with Crippen LogP contribution in [0, 0.1) is 0 Å². The monoisotopic (exact) mass is 391 g/mol. The van der Waals surface area contributed by atoms with E-state index in [9.17, 15) is 13.2 Å². The number of urea groups is 1. The Bertz CT molecular complexity index is 678. The number of piperazine rings is 1. The van der Waals surface area contributed by atoms with Gasteiger partial charge in [0.25, 0.3) is 10.0 Å². The molecule has 1 saturated carbocycles. The zero-order chi connectivity index (χ0) is 17.2. The fourth-order valence-corrected chi connectivity index (χ4v) is 6.27. The van der Waals surface area contributed by atoms with Crippen molar-refractivity contribution in [2.24, 2.45) is 0 Å². The number of hydrogen-bond acceptors (Lipinski definition) is 4. The summed E-state index contributed by atoms with van der Waals surface area (Å²) >= 11 is 6.90. The minimum Gasteiger partial charge on any atom is -0.335 e. The summed E-state index contributed by atoms with van der Waals surface area (Å²) in [6.07, 6.45) is 5.66. The van der Waals surface area contributed by atoms with E-state index in [-0.39, 0.29) is 16.3 Å². The number of carbonyl (C=O) groups excluding carboxylic acids is 1. The first-order chi connectivity index (χ1) is 11.5. The van der Waals surface area contributed by atoms with Gasteiger partial charge in [-0.25, -0.2) is 13.2 Å². The average molecular weight is 392 g/mol. The quantitative estimate of drug-likeness (QED) is 0.861. The smallest absolute Gasteiger partial charge is 0.317 e. The highest BCUT2D eigenvalue weighted by Gasteiger charge is 2.31. The molecule has 0 unspecified atom stereocenters. The van der Waals surface area contributed by atoms with E-state index in [4.69, 9.17) is 11.6 Å². The summed E-state index contributed by atoms with van der Waals surface area (Å²) in [4.78, 5) is 14.0. The summed E-state index contributed by atoms with van der Waals surface area (Å²) in [6.45, 7) is 1.46. The maximum absolute atomic E-state index is 12.6. The SMILES string of the molecule is O=C(NC1CCCCC1)N1CCN(S(=O)(=O)c2ccc(Cl)s2)CC1. The number of thiophene rings is 1. The van der Waals surface area contributed by atoms with Crippen LogP contribution in [0.5, 0.6) is 0 Å². The molecule has 2 fully saturated rings. The number of rotatable bonds is 3. The minimum absolute atomic E-state index is 0.0712. The minimum atomic E-state index is -3.51. The molecule has 0 atom stereocenters. The fraction of sp³-hybridized carbons (Fsp3) is 0.667. The second kappa shape index (κ2) is 7.59. The van der Waals surface area contributed by atoms with Crippen LogP contribution < -0.4 is 5.32 Å². The molecule has 2 aliphatic rings. The van der Waals surface area contributed by atoms with Gasteiger partial charge in [0, 0.05) is 32.2 Å². The molecule has 0 spiro atoms. The third kappa shape index (κ3) is 4.04. The molecule has 1 aliphatic carbocycles. The first-order valence-electron chi connectivity index (χ1n) is 8.28. The van der Waals surface area contributed by atoms with Gasteiger partial charge in [0.2, 0.25) is 0 Å². The second-order valence-corrected chi connectivity index (χ2v) is 10.1. The van der Waals surface area contributed by atoms with E-state index in [1.54, 1.807) is 11.0 Å². The van der Waals surface area contributed by atoms with Gasteiger partial charge in [0.1, 0.15) is 4.21 Å². The van der Waals surface area contributed by atoms with Gasteiger partial charge in [-0.05, 0) is 25.0 Å². The van der Waals surface area contributed by atoms with E-state index in [1.165, 1.54) is 29.6 Å². The largest absolute Gasteiger partial charge is 0.335 e. The van der Waals surface area contributed by atoms with Gasteiger partial charge in [-0.2, -0.15) is 4.31 Å². The highest BCUT2D eigenvalue weighted by molar-refractivity contribution is 7.91. The highest BCUT2D eigenvalue weighted by Crippen LogP contribution is 2.28. The predicted octanol–water partition coefficient (Wildman–Crippen LogP) is 2.75. The topological polar surface area (TPSA) is 69.7 Å². The molecule has 134 valence electrons. The van der Waals surface area contributed by atoms with Gasteiger partial charge in [-0.3, -0.25) is 0 Å². The third-order valence-corrected chi connectivity index (χ3v) is 8.20. The van der Waals surface area contributed by atoms with Crippen LogP contribution in [0.25, 0.3) is 0 Å². The number of nitrogens with zero attached hydrogens (tertiary/aromatic N) is 2. The second-order valence-electron chi connectivity index (χ2n) is 6.23. The number of sulfonamides is 1. The van der Waals surface area contributed by atoms with Crippen LogP contribution in [0.2, 0.25) is 4.34 Å². The van der Waals surface area contributed by atoms with Crippen molar-refractivity contribution in [3.8, 4) is 0 Å². The Labute approximate surface area is 151 Å². The van der Waals surface area contributed by atoms with Gasteiger partial charge in [-0.15, -0.1) is 11.3 Å². The summed E-state index contributed by atoms with van der Waals surface area (Å²) < 4.78 is 27.2. The van der Waals surface area contributed by atoms with Gasteiger partial charge >= 0.3 is 6.03 Å². The molecule has 2 heterocycles. The van der Waals surface area contributed by atoms with Crippen molar-refractivity contribution in [2.75, 3.05) is 26.2 Å². The van der Waals surface area contributed by atoms with Gasteiger partial charge in [-0.1, -0.05) is 30.9 Å². The Hall–Kier alpha value is -0.830. The van der Waals surface area contributed by atoms with Gasteiger partial charge in [0.15, 0.2) is 0 Å².